The highest BCUT2D eigenvalue weighted by molar-refractivity contribution is 5.75. The summed E-state index contributed by atoms with van der Waals surface area (Å²) < 4.78 is 11.3. The lowest BCUT2D eigenvalue weighted by Gasteiger charge is -2.37. The fourth-order valence-corrected chi connectivity index (χ4v) is 5.31. The number of unbranched alkanes of at least 4 members (excludes halogenated alkanes) is 3. The molecule has 2 aliphatic carbocycles. The van der Waals surface area contributed by atoms with Crippen LogP contribution in [0.3, 0.4) is 0 Å². The molecule has 2 fully saturated rings. The second-order valence-electron chi connectivity index (χ2n) is 9.46. The zero-order valence-electron chi connectivity index (χ0n) is 19.1. The molecule has 0 bridgehead atoms. The second kappa shape index (κ2) is 12.3. The maximum absolute atomic E-state index is 12.6. The molecule has 1 aromatic heterocycles. The van der Waals surface area contributed by atoms with Gasteiger partial charge in [-0.05, 0) is 68.8 Å². The first-order valence-electron chi connectivity index (χ1n) is 12.5. The Labute approximate surface area is 183 Å². The highest BCUT2D eigenvalue weighted by Crippen LogP contribution is 2.42. The van der Waals surface area contributed by atoms with Crippen LogP contribution in [0.2, 0.25) is 0 Å². The van der Waals surface area contributed by atoms with Gasteiger partial charge in [-0.25, -0.2) is 4.98 Å². The Morgan fingerprint density at radius 2 is 1.63 bits per heavy atom. The lowest BCUT2D eigenvalue weighted by molar-refractivity contribution is -0.140. The molecule has 2 saturated carbocycles. The van der Waals surface area contributed by atoms with Crippen LogP contribution in [-0.4, -0.2) is 17.6 Å². The van der Waals surface area contributed by atoms with Crippen LogP contribution in [0.5, 0.6) is 11.6 Å². The van der Waals surface area contributed by atoms with Gasteiger partial charge in [0.15, 0.2) is 0 Å². The number of aromatic nitrogens is 1. The summed E-state index contributed by atoms with van der Waals surface area (Å²) in [5.41, 5.74) is 0. The Balaban J connectivity index is 1.36. The van der Waals surface area contributed by atoms with Gasteiger partial charge >= 0.3 is 5.97 Å². The molecule has 3 rings (SSSR count). The summed E-state index contributed by atoms with van der Waals surface area (Å²) >= 11 is 0. The topological polar surface area (TPSA) is 48.4 Å². The Bertz CT molecular complexity index is 614. The summed E-state index contributed by atoms with van der Waals surface area (Å²) in [6.45, 7) is 5.22. The van der Waals surface area contributed by atoms with Crippen molar-refractivity contribution in [1.82, 2.24) is 4.98 Å². The van der Waals surface area contributed by atoms with E-state index in [0.29, 0.717) is 18.2 Å². The fourth-order valence-electron chi connectivity index (χ4n) is 5.31. The number of nitrogens with zero attached hydrogens (tertiary/aromatic N) is 1. The summed E-state index contributed by atoms with van der Waals surface area (Å²) in [4.78, 5) is 16.9. The first-order valence-corrected chi connectivity index (χ1v) is 12.5. The zero-order chi connectivity index (χ0) is 21.2. The predicted molar refractivity (Wildman–Crippen MR) is 121 cm³/mol. The van der Waals surface area contributed by atoms with Gasteiger partial charge in [-0.15, -0.1) is 0 Å². The molecule has 4 heteroatoms. The van der Waals surface area contributed by atoms with Gasteiger partial charge in [-0.2, -0.15) is 0 Å². The van der Waals surface area contributed by atoms with Gasteiger partial charge in [-0.1, -0.05) is 52.4 Å². The van der Waals surface area contributed by atoms with Crippen LogP contribution >= 0.6 is 0 Å². The van der Waals surface area contributed by atoms with E-state index in [2.05, 4.69) is 18.8 Å². The van der Waals surface area contributed by atoms with Crippen LogP contribution in [0.25, 0.3) is 0 Å². The van der Waals surface area contributed by atoms with Crippen molar-refractivity contribution in [3.8, 4) is 11.6 Å². The van der Waals surface area contributed by atoms with Crippen LogP contribution in [0.1, 0.15) is 97.3 Å². The third kappa shape index (κ3) is 6.99. The smallest absolute Gasteiger partial charge is 0.314 e. The number of pyridine rings is 1. The van der Waals surface area contributed by atoms with Crippen LogP contribution in [0.4, 0.5) is 0 Å². The van der Waals surface area contributed by atoms with Crippen LogP contribution in [0, 0.1) is 23.7 Å². The van der Waals surface area contributed by atoms with Gasteiger partial charge in [-0.3, -0.25) is 4.79 Å². The minimum atomic E-state index is -0.0850. The maximum Gasteiger partial charge on any atom is 0.314 e. The van der Waals surface area contributed by atoms with E-state index in [1.807, 2.05) is 0 Å². The fraction of sp³-hybridized carbons (Fsp3) is 0.769. The molecule has 1 heterocycles. The van der Waals surface area contributed by atoms with E-state index in [1.165, 1.54) is 64.2 Å². The van der Waals surface area contributed by atoms with E-state index in [4.69, 9.17) is 9.47 Å². The number of carbonyl (C=O) groups is 1. The van der Waals surface area contributed by atoms with Crippen molar-refractivity contribution in [3.05, 3.63) is 18.3 Å². The second-order valence-corrected chi connectivity index (χ2v) is 9.46. The molecule has 0 saturated heterocycles. The lowest BCUT2D eigenvalue weighted by atomic mass is 9.69. The van der Waals surface area contributed by atoms with Crippen molar-refractivity contribution >= 4 is 5.97 Å². The molecule has 0 aromatic carbocycles. The Morgan fingerprint density at radius 1 is 0.933 bits per heavy atom. The summed E-state index contributed by atoms with van der Waals surface area (Å²) in [7, 11) is 0. The monoisotopic (exact) mass is 415 g/mol. The van der Waals surface area contributed by atoms with E-state index in [1.54, 1.807) is 18.3 Å². The summed E-state index contributed by atoms with van der Waals surface area (Å²) in [6.07, 6.45) is 17.6. The number of esters is 1. The van der Waals surface area contributed by atoms with E-state index < -0.39 is 0 Å². The number of rotatable bonds is 10. The predicted octanol–water partition coefficient (Wildman–Crippen LogP) is 6.97. The maximum atomic E-state index is 12.6. The zero-order valence-corrected chi connectivity index (χ0v) is 19.1. The van der Waals surface area contributed by atoms with Crippen molar-refractivity contribution in [3.63, 3.8) is 0 Å². The molecular formula is C26H41NO3. The van der Waals surface area contributed by atoms with Gasteiger partial charge < -0.3 is 9.47 Å². The first kappa shape index (κ1) is 23.1. The lowest BCUT2D eigenvalue weighted by Crippen LogP contribution is -2.30. The van der Waals surface area contributed by atoms with Crippen molar-refractivity contribution in [2.24, 2.45) is 23.7 Å². The molecule has 168 valence electrons. The molecule has 0 aliphatic heterocycles. The highest BCUT2D eigenvalue weighted by atomic mass is 16.5. The largest absolute Gasteiger partial charge is 0.478 e. The summed E-state index contributed by atoms with van der Waals surface area (Å²) in [5, 5.41) is 0. The van der Waals surface area contributed by atoms with E-state index in [-0.39, 0.29) is 11.9 Å². The van der Waals surface area contributed by atoms with Gasteiger partial charge in [0.1, 0.15) is 5.75 Å². The van der Waals surface area contributed by atoms with Crippen molar-refractivity contribution < 1.29 is 14.3 Å². The van der Waals surface area contributed by atoms with E-state index in [9.17, 15) is 4.79 Å². The molecular weight excluding hydrogens is 374 g/mol. The molecule has 1 aromatic rings. The van der Waals surface area contributed by atoms with Crippen molar-refractivity contribution in [2.45, 2.75) is 97.3 Å². The third-order valence-electron chi connectivity index (χ3n) is 7.42. The summed E-state index contributed by atoms with van der Waals surface area (Å²) in [5.74, 6) is 3.76. The number of ether oxygens (including phenoxy) is 2. The van der Waals surface area contributed by atoms with Crippen molar-refractivity contribution in [1.29, 1.82) is 0 Å². The SMILES string of the molecule is CCCCCCOc1ccc(OC(=O)C2CCC(C3CCC(CC)CC3)CC2)cn1. The molecule has 0 amide bonds. The van der Waals surface area contributed by atoms with Gasteiger partial charge in [0.05, 0.1) is 18.7 Å². The molecule has 0 spiro atoms. The normalized spacial score (nSPS) is 26.9. The van der Waals surface area contributed by atoms with Crippen LogP contribution in [-0.2, 0) is 4.79 Å². The highest BCUT2D eigenvalue weighted by Gasteiger charge is 2.33. The number of hydrogen-bond acceptors (Lipinski definition) is 4. The Hall–Kier alpha value is -1.58. The van der Waals surface area contributed by atoms with Crippen LogP contribution < -0.4 is 9.47 Å². The molecule has 30 heavy (non-hydrogen) atoms. The van der Waals surface area contributed by atoms with Gasteiger partial charge in [0.2, 0.25) is 5.88 Å². The van der Waals surface area contributed by atoms with Crippen LogP contribution in [0.15, 0.2) is 18.3 Å². The number of carbonyl (C=O) groups excluding carboxylic acids is 1. The molecule has 2 aliphatic rings. The average molecular weight is 416 g/mol. The molecule has 0 radical (unpaired) electrons. The van der Waals surface area contributed by atoms with Crippen molar-refractivity contribution in [2.75, 3.05) is 6.61 Å². The first-order chi connectivity index (χ1) is 14.7. The van der Waals surface area contributed by atoms with Gasteiger partial charge in [0.25, 0.3) is 0 Å². The molecule has 4 nitrogen and oxygen atoms in total. The summed E-state index contributed by atoms with van der Waals surface area (Å²) in [6, 6.07) is 3.59. The minimum Gasteiger partial charge on any atom is -0.478 e. The average Bonchev–Trinajstić information content (AvgIpc) is 2.80. The van der Waals surface area contributed by atoms with E-state index in [0.717, 1.165) is 37.0 Å². The quantitative estimate of drug-likeness (QED) is 0.306. The minimum absolute atomic E-state index is 0.0442. The Kier molecular flexibility index (Phi) is 9.48. The third-order valence-corrected chi connectivity index (χ3v) is 7.42. The molecule has 0 atom stereocenters. The molecule has 0 N–H and O–H groups in total. The van der Waals surface area contributed by atoms with E-state index >= 15 is 0 Å². The van der Waals surface area contributed by atoms with Gasteiger partial charge in [0, 0.05) is 6.07 Å². The number of hydrogen-bond donors (Lipinski definition) is 0. The Morgan fingerprint density at radius 3 is 2.23 bits per heavy atom. The molecule has 0 unspecified atom stereocenters. The standard InChI is InChI=1S/C26H41NO3/c1-3-5-6-7-18-29-25-17-16-24(19-27-25)30-26(28)23-14-12-22(13-15-23)21-10-8-20(4-2)9-11-21/h16-17,19-23H,3-15,18H2,1-2H3.